The van der Waals surface area contributed by atoms with Gasteiger partial charge in [0.05, 0.1) is 29.7 Å². The molecule has 2 rings (SSSR count). The van der Waals surface area contributed by atoms with Gasteiger partial charge in [0.2, 0.25) is 0 Å². The molecule has 0 amide bonds. The molecular weight excluding hydrogens is 214 g/mol. The molecule has 1 atom stereocenters. The average Bonchev–Trinajstić information content (AvgIpc) is 2.66. The van der Waals surface area contributed by atoms with Gasteiger partial charge in [-0.15, -0.1) is 0 Å². The Bertz CT molecular complexity index is 531. The number of rotatable bonds is 3. The Hall–Kier alpha value is -1.55. The van der Waals surface area contributed by atoms with Crippen LogP contribution in [0.4, 0.5) is 0 Å². The van der Waals surface area contributed by atoms with Gasteiger partial charge in [0.15, 0.2) is 0 Å². The average molecular weight is 233 g/mol. The van der Waals surface area contributed by atoms with Crippen LogP contribution in [0.2, 0.25) is 0 Å². The minimum atomic E-state index is -0.0741. The van der Waals surface area contributed by atoms with Crippen molar-refractivity contribution in [1.29, 1.82) is 0 Å². The van der Waals surface area contributed by atoms with Crippen molar-refractivity contribution < 1.29 is 4.74 Å². The van der Waals surface area contributed by atoms with E-state index in [2.05, 4.69) is 18.9 Å². The molecule has 2 aromatic rings. The van der Waals surface area contributed by atoms with E-state index in [0.29, 0.717) is 5.92 Å². The van der Waals surface area contributed by atoms with Crippen molar-refractivity contribution in [3.8, 4) is 5.75 Å². The highest BCUT2D eigenvalue weighted by atomic mass is 16.5. The van der Waals surface area contributed by atoms with Crippen LogP contribution in [0.15, 0.2) is 18.2 Å². The maximum atomic E-state index is 6.21. The summed E-state index contributed by atoms with van der Waals surface area (Å²) in [7, 11) is 3.60. The molecule has 0 aliphatic rings. The van der Waals surface area contributed by atoms with Crippen LogP contribution in [0.1, 0.15) is 25.6 Å². The van der Waals surface area contributed by atoms with E-state index in [-0.39, 0.29) is 6.04 Å². The Balaban J connectivity index is 2.71. The summed E-state index contributed by atoms with van der Waals surface area (Å²) in [5, 5.41) is 5.56. The van der Waals surface area contributed by atoms with Crippen molar-refractivity contribution in [2.75, 3.05) is 7.11 Å². The van der Waals surface area contributed by atoms with E-state index < -0.39 is 0 Å². The first-order valence-corrected chi connectivity index (χ1v) is 5.81. The molecule has 0 radical (unpaired) electrons. The summed E-state index contributed by atoms with van der Waals surface area (Å²) in [6, 6.07) is 5.87. The molecule has 0 spiro atoms. The number of aryl methyl sites for hydroxylation is 1. The normalized spacial score (nSPS) is 13.3. The van der Waals surface area contributed by atoms with Crippen LogP contribution in [0.25, 0.3) is 10.9 Å². The third-order valence-electron chi connectivity index (χ3n) is 3.12. The maximum Gasteiger partial charge on any atom is 0.130 e. The standard InChI is InChI=1S/C13H19N3O/c1-8(2)12(14)13-11-9(16(3)15-13)6-5-7-10(11)17-4/h5-8,12H,14H2,1-4H3. The zero-order chi connectivity index (χ0) is 12.6. The van der Waals surface area contributed by atoms with Gasteiger partial charge in [0, 0.05) is 7.05 Å². The number of benzene rings is 1. The van der Waals surface area contributed by atoms with Crippen molar-refractivity contribution >= 4 is 10.9 Å². The summed E-state index contributed by atoms with van der Waals surface area (Å²) in [4.78, 5) is 0. The van der Waals surface area contributed by atoms with Crippen LogP contribution >= 0.6 is 0 Å². The number of hydrogen-bond donors (Lipinski definition) is 1. The van der Waals surface area contributed by atoms with Gasteiger partial charge in [-0.2, -0.15) is 5.10 Å². The Morgan fingerprint density at radius 1 is 1.35 bits per heavy atom. The van der Waals surface area contributed by atoms with E-state index in [4.69, 9.17) is 10.5 Å². The van der Waals surface area contributed by atoms with Crippen LogP contribution in [0, 0.1) is 5.92 Å². The molecule has 1 unspecified atom stereocenters. The fourth-order valence-corrected chi connectivity index (χ4v) is 2.03. The van der Waals surface area contributed by atoms with E-state index in [1.54, 1.807) is 7.11 Å². The molecule has 0 bridgehead atoms. The van der Waals surface area contributed by atoms with Gasteiger partial charge in [-0.3, -0.25) is 4.68 Å². The molecule has 0 aliphatic carbocycles. The van der Waals surface area contributed by atoms with Gasteiger partial charge in [0.1, 0.15) is 5.75 Å². The second-order valence-electron chi connectivity index (χ2n) is 4.63. The fraction of sp³-hybridized carbons (Fsp3) is 0.462. The van der Waals surface area contributed by atoms with E-state index in [1.807, 2.05) is 29.9 Å². The molecule has 0 saturated heterocycles. The number of nitrogens with two attached hydrogens (primary N) is 1. The summed E-state index contributed by atoms with van der Waals surface area (Å²) in [6.45, 7) is 4.20. The molecule has 17 heavy (non-hydrogen) atoms. The van der Waals surface area contributed by atoms with Crippen LogP contribution in [0.3, 0.4) is 0 Å². The Morgan fingerprint density at radius 2 is 2.06 bits per heavy atom. The first kappa shape index (κ1) is 11.9. The first-order valence-electron chi connectivity index (χ1n) is 5.81. The number of nitrogens with zero attached hydrogens (tertiary/aromatic N) is 2. The highest BCUT2D eigenvalue weighted by Crippen LogP contribution is 2.32. The van der Waals surface area contributed by atoms with Crippen molar-refractivity contribution in [1.82, 2.24) is 9.78 Å². The minimum Gasteiger partial charge on any atom is -0.496 e. The largest absolute Gasteiger partial charge is 0.496 e. The number of ether oxygens (including phenoxy) is 1. The van der Waals surface area contributed by atoms with E-state index in [0.717, 1.165) is 22.3 Å². The predicted molar refractivity (Wildman–Crippen MR) is 69.0 cm³/mol. The zero-order valence-electron chi connectivity index (χ0n) is 10.8. The topological polar surface area (TPSA) is 53.1 Å². The summed E-state index contributed by atoms with van der Waals surface area (Å²) in [6.07, 6.45) is 0. The SMILES string of the molecule is COc1cccc2c1c(C(N)C(C)C)nn2C. The Labute approximate surface area is 101 Å². The second kappa shape index (κ2) is 4.37. The van der Waals surface area contributed by atoms with E-state index in [1.165, 1.54) is 0 Å². The molecule has 4 heteroatoms. The molecule has 4 nitrogen and oxygen atoms in total. The van der Waals surface area contributed by atoms with Crippen LogP contribution < -0.4 is 10.5 Å². The first-order chi connectivity index (χ1) is 8.06. The monoisotopic (exact) mass is 233 g/mol. The lowest BCUT2D eigenvalue weighted by Gasteiger charge is -2.14. The number of hydrogen-bond acceptors (Lipinski definition) is 3. The molecule has 1 heterocycles. The Kier molecular flexibility index (Phi) is 3.07. The van der Waals surface area contributed by atoms with E-state index in [9.17, 15) is 0 Å². The highest BCUT2D eigenvalue weighted by molar-refractivity contribution is 5.88. The van der Waals surface area contributed by atoms with Gasteiger partial charge in [-0.1, -0.05) is 19.9 Å². The highest BCUT2D eigenvalue weighted by Gasteiger charge is 2.20. The van der Waals surface area contributed by atoms with Gasteiger partial charge >= 0.3 is 0 Å². The molecule has 0 fully saturated rings. The fourth-order valence-electron chi connectivity index (χ4n) is 2.03. The van der Waals surface area contributed by atoms with Crippen molar-refractivity contribution in [2.24, 2.45) is 18.7 Å². The van der Waals surface area contributed by atoms with E-state index >= 15 is 0 Å². The quantitative estimate of drug-likeness (QED) is 0.884. The molecule has 1 aromatic carbocycles. The van der Waals surface area contributed by atoms with Crippen LogP contribution in [0.5, 0.6) is 5.75 Å². The van der Waals surface area contributed by atoms with Gasteiger partial charge in [-0.05, 0) is 18.1 Å². The van der Waals surface area contributed by atoms with Crippen molar-refractivity contribution in [3.05, 3.63) is 23.9 Å². The Morgan fingerprint density at radius 3 is 2.65 bits per heavy atom. The lowest BCUT2D eigenvalue weighted by molar-refractivity contribution is 0.418. The van der Waals surface area contributed by atoms with Crippen molar-refractivity contribution in [3.63, 3.8) is 0 Å². The minimum absolute atomic E-state index is 0.0741. The third kappa shape index (κ3) is 1.89. The molecule has 92 valence electrons. The molecule has 0 saturated carbocycles. The predicted octanol–water partition coefficient (Wildman–Crippen LogP) is 2.24. The smallest absolute Gasteiger partial charge is 0.130 e. The third-order valence-corrected chi connectivity index (χ3v) is 3.12. The van der Waals surface area contributed by atoms with Crippen molar-refractivity contribution in [2.45, 2.75) is 19.9 Å². The number of fused-ring (bicyclic) bond motifs is 1. The summed E-state index contributed by atoms with van der Waals surface area (Å²) >= 11 is 0. The van der Waals surface area contributed by atoms with Gasteiger partial charge in [-0.25, -0.2) is 0 Å². The molecule has 2 N–H and O–H groups in total. The summed E-state index contributed by atoms with van der Waals surface area (Å²) in [5.41, 5.74) is 8.17. The van der Waals surface area contributed by atoms with Crippen LogP contribution in [-0.4, -0.2) is 16.9 Å². The lowest BCUT2D eigenvalue weighted by Crippen LogP contribution is -2.17. The number of aromatic nitrogens is 2. The summed E-state index contributed by atoms with van der Waals surface area (Å²) in [5.74, 6) is 1.18. The maximum absolute atomic E-state index is 6.21. The second-order valence-corrected chi connectivity index (χ2v) is 4.63. The summed E-state index contributed by atoms with van der Waals surface area (Å²) < 4.78 is 7.26. The van der Waals surface area contributed by atoms with Crippen LogP contribution in [-0.2, 0) is 7.05 Å². The van der Waals surface area contributed by atoms with Gasteiger partial charge in [0.25, 0.3) is 0 Å². The lowest BCUT2D eigenvalue weighted by atomic mass is 9.99. The molecule has 1 aromatic heterocycles. The zero-order valence-corrected chi connectivity index (χ0v) is 10.8. The molecular formula is C13H19N3O. The molecule has 0 aliphatic heterocycles. The number of methoxy groups -OCH3 is 1. The van der Waals surface area contributed by atoms with Gasteiger partial charge < -0.3 is 10.5 Å².